The van der Waals surface area contributed by atoms with E-state index < -0.39 is 5.91 Å². The van der Waals surface area contributed by atoms with Gasteiger partial charge in [-0.05, 0) is 41.8 Å². The maximum absolute atomic E-state index is 12.5. The molecule has 1 N–H and O–H groups in total. The van der Waals surface area contributed by atoms with E-state index in [2.05, 4.69) is 16.4 Å². The van der Waals surface area contributed by atoms with Crippen molar-refractivity contribution in [2.75, 3.05) is 5.32 Å². The second-order valence-electron chi connectivity index (χ2n) is 5.91. The van der Waals surface area contributed by atoms with Crippen molar-refractivity contribution in [2.45, 2.75) is 0 Å². The zero-order valence-corrected chi connectivity index (χ0v) is 18.2. The van der Waals surface area contributed by atoms with Crippen molar-refractivity contribution >= 4 is 68.4 Å². The molecule has 0 aliphatic carbocycles. The molecule has 0 saturated carbocycles. The van der Waals surface area contributed by atoms with Crippen LogP contribution in [0.2, 0.25) is 10.0 Å². The molecule has 4 aromatic rings. The molecule has 5 nitrogen and oxygen atoms in total. The van der Waals surface area contributed by atoms with Gasteiger partial charge in [0.1, 0.15) is 21.8 Å². The number of amides is 1. The third-order valence-electron chi connectivity index (χ3n) is 3.99. The highest BCUT2D eigenvalue weighted by Crippen LogP contribution is 2.39. The zero-order valence-electron chi connectivity index (χ0n) is 15.1. The zero-order chi connectivity index (χ0) is 21.1. The van der Waals surface area contributed by atoms with E-state index in [9.17, 15) is 10.1 Å². The summed E-state index contributed by atoms with van der Waals surface area (Å²) in [5.74, 6) is -0.217. The maximum Gasteiger partial charge on any atom is 0.292 e. The Morgan fingerprint density at radius 1 is 1.17 bits per heavy atom. The van der Waals surface area contributed by atoms with E-state index in [1.807, 2.05) is 17.5 Å². The maximum atomic E-state index is 12.5. The topological polar surface area (TPSA) is 78.9 Å². The van der Waals surface area contributed by atoms with E-state index in [1.165, 1.54) is 28.9 Å². The molecule has 0 radical (unpaired) electrons. The van der Waals surface area contributed by atoms with Gasteiger partial charge in [-0.2, -0.15) is 5.26 Å². The van der Waals surface area contributed by atoms with Gasteiger partial charge in [0, 0.05) is 15.6 Å². The number of carbonyl (C=O) groups is 1. The summed E-state index contributed by atoms with van der Waals surface area (Å²) in [6, 6.07) is 14.3. The molecule has 3 aromatic heterocycles. The number of halogens is 2. The molecule has 4 rings (SSSR count). The SMILES string of the molecule is N#CC(=Cc1c(Cl)cccc1Cl)c1nc(-c2cccs2)c(NC(=O)c2ccco2)s1. The Morgan fingerprint density at radius 2 is 1.97 bits per heavy atom. The van der Waals surface area contributed by atoms with Crippen LogP contribution >= 0.6 is 45.9 Å². The van der Waals surface area contributed by atoms with Crippen LogP contribution in [0.15, 0.2) is 58.5 Å². The second kappa shape index (κ2) is 8.86. The first kappa shape index (κ1) is 20.4. The predicted octanol–water partition coefficient (Wildman–Crippen LogP) is 7.09. The molecule has 0 bridgehead atoms. The highest BCUT2D eigenvalue weighted by molar-refractivity contribution is 7.19. The van der Waals surface area contributed by atoms with Gasteiger partial charge in [-0.15, -0.1) is 11.3 Å². The number of furan rings is 1. The minimum Gasteiger partial charge on any atom is -0.459 e. The van der Waals surface area contributed by atoms with Crippen molar-refractivity contribution in [2.24, 2.45) is 0 Å². The quantitative estimate of drug-likeness (QED) is 0.315. The van der Waals surface area contributed by atoms with Crippen LogP contribution in [0.25, 0.3) is 22.2 Å². The van der Waals surface area contributed by atoms with E-state index in [-0.39, 0.29) is 11.3 Å². The average Bonchev–Trinajstić information content (AvgIpc) is 3.49. The van der Waals surface area contributed by atoms with Crippen molar-refractivity contribution in [3.63, 3.8) is 0 Å². The first-order valence-corrected chi connectivity index (χ1v) is 11.0. The van der Waals surface area contributed by atoms with Crippen LogP contribution in [0.1, 0.15) is 21.1 Å². The van der Waals surface area contributed by atoms with Crippen molar-refractivity contribution < 1.29 is 9.21 Å². The number of allylic oxidation sites excluding steroid dienone is 1. The molecule has 0 atom stereocenters. The summed E-state index contributed by atoms with van der Waals surface area (Å²) in [4.78, 5) is 18.0. The van der Waals surface area contributed by atoms with Crippen LogP contribution in [0.4, 0.5) is 5.00 Å². The van der Waals surface area contributed by atoms with Gasteiger partial charge in [-0.25, -0.2) is 4.98 Å². The second-order valence-corrected chi connectivity index (χ2v) is 8.67. The predicted molar refractivity (Wildman–Crippen MR) is 122 cm³/mol. The fourth-order valence-corrected chi connectivity index (χ4v) is 4.84. The molecule has 3 heterocycles. The van der Waals surface area contributed by atoms with Crippen molar-refractivity contribution in [3.05, 3.63) is 80.5 Å². The van der Waals surface area contributed by atoms with Crippen LogP contribution in [-0.4, -0.2) is 10.9 Å². The summed E-state index contributed by atoms with van der Waals surface area (Å²) in [5.41, 5.74) is 1.40. The van der Waals surface area contributed by atoms with Gasteiger partial charge in [0.05, 0.1) is 16.7 Å². The van der Waals surface area contributed by atoms with Crippen LogP contribution in [-0.2, 0) is 0 Å². The molecular weight excluding hydrogens is 461 g/mol. The number of thiophene rings is 1. The number of nitriles is 1. The number of carbonyl (C=O) groups excluding carboxylic acids is 1. The standard InChI is InChI=1S/C21H11Cl2N3O2S2/c22-14-4-1-5-15(23)13(14)10-12(11-24)20-25-18(17-7-3-9-29-17)21(30-20)26-19(27)16-6-2-8-28-16/h1-10H,(H,26,27). The molecule has 1 aromatic carbocycles. The number of thiazole rings is 1. The van der Waals surface area contributed by atoms with Gasteiger partial charge in [-0.1, -0.05) is 46.7 Å². The van der Waals surface area contributed by atoms with E-state index in [1.54, 1.807) is 36.4 Å². The van der Waals surface area contributed by atoms with Gasteiger partial charge >= 0.3 is 0 Å². The molecule has 0 aliphatic heterocycles. The molecular formula is C21H11Cl2N3O2S2. The highest BCUT2D eigenvalue weighted by Gasteiger charge is 2.20. The lowest BCUT2D eigenvalue weighted by atomic mass is 10.1. The average molecular weight is 472 g/mol. The fraction of sp³-hybridized carbons (Fsp3) is 0. The molecule has 0 fully saturated rings. The number of hydrogen-bond acceptors (Lipinski definition) is 6. The number of rotatable bonds is 5. The van der Waals surface area contributed by atoms with Crippen LogP contribution in [0.3, 0.4) is 0 Å². The van der Waals surface area contributed by atoms with Gasteiger partial charge < -0.3 is 9.73 Å². The van der Waals surface area contributed by atoms with Crippen molar-refractivity contribution in [1.82, 2.24) is 4.98 Å². The lowest BCUT2D eigenvalue weighted by Crippen LogP contribution is -2.10. The number of nitrogens with one attached hydrogen (secondary N) is 1. The normalized spacial score (nSPS) is 11.3. The Balaban J connectivity index is 1.78. The number of aromatic nitrogens is 1. The fourth-order valence-electron chi connectivity index (χ4n) is 2.61. The summed E-state index contributed by atoms with van der Waals surface area (Å²) < 4.78 is 5.16. The van der Waals surface area contributed by atoms with Crippen molar-refractivity contribution in [1.29, 1.82) is 5.26 Å². The van der Waals surface area contributed by atoms with Crippen molar-refractivity contribution in [3.8, 4) is 16.6 Å². The molecule has 30 heavy (non-hydrogen) atoms. The Bertz CT molecular complexity index is 1250. The number of anilines is 1. The van der Waals surface area contributed by atoms with Gasteiger partial charge in [0.2, 0.25) is 0 Å². The van der Waals surface area contributed by atoms with E-state index in [0.717, 1.165) is 4.88 Å². The Morgan fingerprint density at radius 3 is 2.60 bits per heavy atom. The van der Waals surface area contributed by atoms with Gasteiger partial charge in [0.25, 0.3) is 5.91 Å². The van der Waals surface area contributed by atoms with Crippen LogP contribution in [0, 0.1) is 11.3 Å². The molecule has 0 spiro atoms. The number of hydrogen-bond donors (Lipinski definition) is 1. The summed E-state index contributed by atoms with van der Waals surface area (Å²) in [6.45, 7) is 0. The summed E-state index contributed by atoms with van der Waals surface area (Å²) >= 11 is 15.2. The largest absolute Gasteiger partial charge is 0.459 e. The minimum absolute atomic E-state index is 0.181. The molecule has 0 unspecified atom stereocenters. The summed E-state index contributed by atoms with van der Waals surface area (Å²) in [5, 5.41) is 16.3. The Labute approximate surface area is 189 Å². The minimum atomic E-state index is -0.398. The third kappa shape index (κ3) is 4.18. The Hall–Kier alpha value is -2.89. The molecule has 0 aliphatic rings. The monoisotopic (exact) mass is 471 g/mol. The first-order valence-electron chi connectivity index (χ1n) is 8.52. The van der Waals surface area contributed by atoms with E-state index in [4.69, 9.17) is 27.6 Å². The molecule has 9 heteroatoms. The Kier molecular flexibility index (Phi) is 6.02. The van der Waals surface area contributed by atoms with E-state index >= 15 is 0 Å². The highest BCUT2D eigenvalue weighted by atomic mass is 35.5. The number of benzene rings is 1. The third-order valence-corrected chi connectivity index (χ3v) is 6.53. The molecule has 0 saturated heterocycles. The van der Waals surface area contributed by atoms with E-state index in [0.29, 0.717) is 31.3 Å². The summed E-state index contributed by atoms with van der Waals surface area (Å²) in [6.07, 6.45) is 3.02. The lowest BCUT2D eigenvalue weighted by Gasteiger charge is -2.02. The smallest absolute Gasteiger partial charge is 0.292 e. The summed E-state index contributed by atoms with van der Waals surface area (Å²) in [7, 11) is 0. The first-order chi connectivity index (χ1) is 14.6. The number of nitrogens with zero attached hydrogens (tertiary/aromatic N) is 2. The van der Waals surface area contributed by atoms with Gasteiger partial charge in [0.15, 0.2) is 5.76 Å². The molecule has 1 amide bonds. The van der Waals surface area contributed by atoms with Gasteiger partial charge in [-0.3, -0.25) is 4.79 Å². The lowest BCUT2D eigenvalue weighted by molar-refractivity contribution is 0.0997. The van der Waals surface area contributed by atoms with Crippen LogP contribution in [0.5, 0.6) is 0 Å². The van der Waals surface area contributed by atoms with Crippen LogP contribution < -0.4 is 5.32 Å². The molecule has 148 valence electrons.